The van der Waals surface area contributed by atoms with E-state index in [0.29, 0.717) is 24.6 Å². The Balaban J connectivity index is 1.96. The summed E-state index contributed by atoms with van der Waals surface area (Å²) in [5.41, 5.74) is 0.572. The van der Waals surface area contributed by atoms with Gasteiger partial charge in [-0.3, -0.25) is 0 Å². The Labute approximate surface area is 117 Å². The lowest BCUT2D eigenvalue weighted by Gasteiger charge is -2.10. The highest BCUT2D eigenvalue weighted by molar-refractivity contribution is 5.79. The van der Waals surface area contributed by atoms with Crippen molar-refractivity contribution >= 4 is 5.96 Å². The molecule has 0 unspecified atom stereocenters. The first-order valence-electron chi connectivity index (χ1n) is 6.57. The maximum absolute atomic E-state index is 13.5. The zero-order valence-electron chi connectivity index (χ0n) is 11.4. The van der Waals surface area contributed by atoms with Crippen molar-refractivity contribution in [3.8, 4) is 0 Å². The predicted molar refractivity (Wildman–Crippen MR) is 76.8 cm³/mol. The molecule has 2 aromatic rings. The zero-order chi connectivity index (χ0) is 14.2. The van der Waals surface area contributed by atoms with Gasteiger partial charge in [0.1, 0.15) is 11.6 Å². The number of benzene rings is 1. The van der Waals surface area contributed by atoms with Gasteiger partial charge in [0.2, 0.25) is 0 Å². The summed E-state index contributed by atoms with van der Waals surface area (Å²) >= 11 is 0. The summed E-state index contributed by atoms with van der Waals surface area (Å²) in [7, 11) is 0. The number of aliphatic imine (C=N–C) groups is 1. The third kappa shape index (κ3) is 4.12. The number of rotatable bonds is 5. The van der Waals surface area contributed by atoms with Gasteiger partial charge in [0, 0.05) is 12.1 Å². The molecule has 0 fully saturated rings. The summed E-state index contributed by atoms with van der Waals surface area (Å²) in [6.45, 7) is 3.55. The molecule has 0 atom stereocenters. The molecule has 5 heteroatoms. The van der Waals surface area contributed by atoms with Crippen molar-refractivity contribution in [2.75, 3.05) is 6.54 Å². The number of hydrogen-bond donors (Lipinski definition) is 2. The fraction of sp³-hybridized carbons (Fsp3) is 0.267. The Bertz CT molecular complexity index is 552. The van der Waals surface area contributed by atoms with Crippen LogP contribution in [0.1, 0.15) is 18.2 Å². The average molecular weight is 275 g/mol. The topological polar surface area (TPSA) is 49.6 Å². The van der Waals surface area contributed by atoms with E-state index in [4.69, 9.17) is 4.42 Å². The molecule has 2 rings (SSSR count). The second-order valence-electron chi connectivity index (χ2n) is 4.22. The molecular formula is C15H18FN3O. The van der Waals surface area contributed by atoms with Crippen LogP contribution in [0.5, 0.6) is 0 Å². The van der Waals surface area contributed by atoms with Crippen LogP contribution in [0, 0.1) is 5.82 Å². The van der Waals surface area contributed by atoms with Crippen LogP contribution in [0.3, 0.4) is 0 Å². The normalized spacial score (nSPS) is 11.4. The van der Waals surface area contributed by atoms with Gasteiger partial charge in [-0.2, -0.15) is 0 Å². The monoisotopic (exact) mass is 275 g/mol. The van der Waals surface area contributed by atoms with Crippen molar-refractivity contribution < 1.29 is 8.81 Å². The number of guanidine groups is 1. The molecule has 1 aromatic carbocycles. The molecule has 0 saturated heterocycles. The molecule has 20 heavy (non-hydrogen) atoms. The second kappa shape index (κ2) is 7.33. The Morgan fingerprint density at radius 2 is 2.05 bits per heavy atom. The minimum atomic E-state index is -0.238. The minimum Gasteiger partial charge on any atom is -0.467 e. The van der Waals surface area contributed by atoms with E-state index in [0.717, 1.165) is 12.3 Å². The molecule has 0 aliphatic carbocycles. The van der Waals surface area contributed by atoms with Crippen LogP contribution in [-0.4, -0.2) is 12.5 Å². The molecule has 2 N–H and O–H groups in total. The van der Waals surface area contributed by atoms with Crippen LogP contribution >= 0.6 is 0 Å². The molecule has 4 nitrogen and oxygen atoms in total. The third-order valence-electron chi connectivity index (χ3n) is 2.72. The van der Waals surface area contributed by atoms with Crippen LogP contribution in [-0.2, 0) is 13.1 Å². The van der Waals surface area contributed by atoms with E-state index in [1.165, 1.54) is 6.07 Å². The van der Waals surface area contributed by atoms with Crippen LogP contribution in [0.25, 0.3) is 0 Å². The SMILES string of the molecule is CCNC(=NCc1ccccc1F)NCc1ccco1. The standard InChI is InChI=1S/C15H18FN3O/c1-2-17-15(19-11-13-7-5-9-20-13)18-10-12-6-3-4-8-14(12)16/h3-9H,2,10-11H2,1H3,(H2,17,18,19). The number of nitrogens with zero attached hydrogens (tertiary/aromatic N) is 1. The quantitative estimate of drug-likeness (QED) is 0.651. The highest BCUT2D eigenvalue weighted by Crippen LogP contribution is 2.07. The van der Waals surface area contributed by atoms with Crippen molar-refractivity contribution in [1.29, 1.82) is 0 Å². The van der Waals surface area contributed by atoms with E-state index in [2.05, 4.69) is 15.6 Å². The van der Waals surface area contributed by atoms with Crippen molar-refractivity contribution in [3.63, 3.8) is 0 Å². The van der Waals surface area contributed by atoms with Gasteiger partial charge in [0.15, 0.2) is 5.96 Å². The van der Waals surface area contributed by atoms with E-state index in [9.17, 15) is 4.39 Å². The van der Waals surface area contributed by atoms with Gasteiger partial charge in [-0.05, 0) is 25.1 Å². The smallest absolute Gasteiger partial charge is 0.191 e. The first kappa shape index (κ1) is 14.1. The van der Waals surface area contributed by atoms with Crippen LogP contribution in [0.15, 0.2) is 52.1 Å². The summed E-state index contributed by atoms with van der Waals surface area (Å²) in [6, 6.07) is 10.4. The summed E-state index contributed by atoms with van der Waals surface area (Å²) in [4.78, 5) is 4.36. The Morgan fingerprint density at radius 1 is 1.20 bits per heavy atom. The first-order valence-corrected chi connectivity index (χ1v) is 6.57. The van der Waals surface area contributed by atoms with Crippen LogP contribution in [0.2, 0.25) is 0 Å². The summed E-state index contributed by atoms with van der Waals surface area (Å²) in [6.07, 6.45) is 1.63. The Morgan fingerprint density at radius 3 is 2.75 bits per heavy atom. The largest absolute Gasteiger partial charge is 0.467 e. The molecule has 1 heterocycles. The fourth-order valence-corrected chi connectivity index (χ4v) is 1.72. The van der Waals surface area contributed by atoms with Gasteiger partial charge in [0.05, 0.1) is 19.4 Å². The molecular weight excluding hydrogens is 257 g/mol. The molecule has 0 saturated carbocycles. The third-order valence-corrected chi connectivity index (χ3v) is 2.72. The van der Waals surface area contributed by atoms with Gasteiger partial charge in [-0.15, -0.1) is 0 Å². The lowest BCUT2D eigenvalue weighted by molar-refractivity contribution is 0.501. The number of halogens is 1. The van der Waals surface area contributed by atoms with Gasteiger partial charge in [-0.1, -0.05) is 18.2 Å². The molecule has 0 spiro atoms. The minimum absolute atomic E-state index is 0.238. The Hall–Kier alpha value is -2.30. The molecule has 0 amide bonds. The molecule has 0 radical (unpaired) electrons. The van der Waals surface area contributed by atoms with E-state index < -0.39 is 0 Å². The highest BCUT2D eigenvalue weighted by Gasteiger charge is 2.02. The van der Waals surface area contributed by atoms with Gasteiger partial charge < -0.3 is 15.1 Å². The Kier molecular flexibility index (Phi) is 5.17. The van der Waals surface area contributed by atoms with Gasteiger partial charge in [-0.25, -0.2) is 9.38 Å². The number of nitrogens with one attached hydrogen (secondary N) is 2. The predicted octanol–water partition coefficient (Wildman–Crippen LogP) is 2.67. The van der Waals surface area contributed by atoms with E-state index in [-0.39, 0.29) is 5.82 Å². The van der Waals surface area contributed by atoms with Crippen molar-refractivity contribution in [1.82, 2.24) is 10.6 Å². The lowest BCUT2D eigenvalue weighted by Crippen LogP contribution is -2.36. The molecule has 106 valence electrons. The lowest BCUT2D eigenvalue weighted by atomic mass is 10.2. The molecule has 1 aromatic heterocycles. The molecule has 0 bridgehead atoms. The number of furan rings is 1. The van der Waals surface area contributed by atoms with Crippen molar-refractivity contribution in [2.24, 2.45) is 4.99 Å². The summed E-state index contributed by atoms with van der Waals surface area (Å²) < 4.78 is 18.7. The van der Waals surface area contributed by atoms with Crippen molar-refractivity contribution in [3.05, 3.63) is 59.8 Å². The molecule has 0 aliphatic rings. The zero-order valence-corrected chi connectivity index (χ0v) is 11.4. The fourth-order valence-electron chi connectivity index (χ4n) is 1.72. The highest BCUT2D eigenvalue weighted by atomic mass is 19.1. The van der Waals surface area contributed by atoms with Gasteiger partial charge >= 0.3 is 0 Å². The number of hydrogen-bond acceptors (Lipinski definition) is 2. The van der Waals surface area contributed by atoms with Crippen LogP contribution < -0.4 is 10.6 Å². The maximum Gasteiger partial charge on any atom is 0.191 e. The second-order valence-corrected chi connectivity index (χ2v) is 4.22. The summed E-state index contributed by atoms with van der Waals surface area (Å²) in [5, 5.41) is 6.24. The summed E-state index contributed by atoms with van der Waals surface area (Å²) in [5.74, 6) is 1.21. The molecule has 0 aliphatic heterocycles. The van der Waals surface area contributed by atoms with E-state index >= 15 is 0 Å². The van der Waals surface area contributed by atoms with Crippen LogP contribution in [0.4, 0.5) is 4.39 Å². The maximum atomic E-state index is 13.5. The van der Waals surface area contributed by atoms with Crippen molar-refractivity contribution in [2.45, 2.75) is 20.0 Å². The van der Waals surface area contributed by atoms with Gasteiger partial charge in [0.25, 0.3) is 0 Å². The average Bonchev–Trinajstić information content (AvgIpc) is 2.97. The first-order chi connectivity index (χ1) is 9.79. The van der Waals surface area contributed by atoms with E-state index in [1.54, 1.807) is 24.5 Å². The van der Waals surface area contributed by atoms with E-state index in [1.807, 2.05) is 19.1 Å².